The van der Waals surface area contributed by atoms with Gasteiger partial charge in [0.1, 0.15) is 22.9 Å². The molecule has 0 amide bonds. The molecule has 9 aromatic rings. The number of hydrogen-bond donors (Lipinski definition) is 1. The van der Waals surface area contributed by atoms with Crippen molar-refractivity contribution in [1.29, 1.82) is 0 Å². The van der Waals surface area contributed by atoms with Crippen molar-refractivity contribution in [3.63, 3.8) is 0 Å². The van der Waals surface area contributed by atoms with E-state index in [1.807, 2.05) is 18.3 Å². The van der Waals surface area contributed by atoms with Crippen molar-refractivity contribution in [3.8, 4) is 45.0 Å². The minimum absolute atomic E-state index is 0. The second-order valence-corrected chi connectivity index (χ2v) is 17.0. The van der Waals surface area contributed by atoms with Gasteiger partial charge in [0.25, 0.3) is 0 Å². The first-order chi connectivity index (χ1) is 28.3. The Morgan fingerprint density at radius 2 is 1.54 bits per heavy atom. The van der Waals surface area contributed by atoms with Gasteiger partial charge in [-0.2, -0.15) is 0 Å². The first kappa shape index (κ1) is 35.9. The number of para-hydroxylation sites is 3. The van der Waals surface area contributed by atoms with E-state index in [2.05, 4.69) is 165 Å². The van der Waals surface area contributed by atoms with Gasteiger partial charge in [-0.1, -0.05) is 141 Å². The SMILES string of the molecule is CC(C)(C)c1cc(-c2cc(-c3ccccc3)ccn2)[c-]c(-c2cccc3c2nc2c4c(O)c5c(cc4c4ccccc4n32)B2c3ccccc3OC3=CC=CC5C23)c1.[Pt]. The Balaban J connectivity index is 0.00000397. The predicted molar refractivity (Wildman–Crippen MR) is 237 cm³/mol. The van der Waals surface area contributed by atoms with Crippen LogP contribution in [0.2, 0.25) is 5.82 Å². The van der Waals surface area contributed by atoms with Gasteiger partial charge in [0, 0.05) is 50.1 Å². The van der Waals surface area contributed by atoms with E-state index in [0.717, 1.165) is 94.4 Å². The summed E-state index contributed by atoms with van der Waals surface area (Å²) in [5.41, 5.74) is 14.0. The van der Waals surface area contributed by atoms with Crippen LogP contribution in [-0.2, 0) is 26.5 Å². The maximum absolute atomic E-state index is 12.8. The molecular formula is C52H37BN3O2Pt-. The number of aromatic nitrogens is 3. The van der Waals surface area contributed by atoms with E-state index < -0.39 is 0 Å². The van der Waals surface area contributed by atoms with E-state index in [4.69, 9.17) is 14.7 Å². The van der Waals surface area contributed by atoms with Gasteiger partial charge >= 0.3 is 0 Å². The number of aromatic hydroxyl groups is 1. The van der Waals surface area contributed by atoms with Crippen molar-refractivity contribution >= 4 is 56.0 Å². The molecule has 1 N–H and O–H groups in total. The number of imidazole rings is 1. The number of phenols is 1. The smallest absolute Gasteiger partial charge is 0.226 e. The number of nitrogens with zero attached hydrogens (tertiary/aromatic N) is 3. The standard InChI is InChI=1S/C52H37BN3O2.Pt/c1-52(2,3)34-26-32(25-33(27-34)41-28-31(23-24-54-41)30-13-5-4-6-14-30)35-16-11-20-43-49(35)55-51-47-38(36-15-7-9-19-42(36)56(43)51)29-40-46(50(47)57)37-17-12-22-45-48(37)53(40)39-18-8-10-21-44(39)58-45;/h4-24,26-29,37,48,57H,1-3H3;/q-1;. The average Bonchev–Trinajstić information content (AvgIpc) is 3.81. The van der Waals surface area contributed by atoms with E-state index in [0.29, 0.717) is 5.75 Å². The maximum atomic E-state index is 12.8. The molecule has 0 radical (unpaired) electrons. The molecule has 59 heavy (non-hydrogen) atoms. The number of fused-ring (bicyclic) bond motifs is 13. The zero-order valence-corrected chi connectivity index (χ0v) is 35.0. The number of allylic oxidation sites excluding steroid dienone is 4. The van der Waals surface area contributed by atoms with Gasteiger partial charge < -0.3 is 9.84 Å². The van der Waals surface area contributed by atoms with Crippen molar-refractivity contribution in [2.24, 2.45) is 0 Å². The van der Waals surface area contributed by atoms with Crippen LogP contribution in [0.3, 0.4) is 0 Å². The zero-order valence-electron chi connectivity index (χ0n) is 32.7. The Bertz CT molecular complexity index is 3290. The fourth-order valence-electron chi connectivity index (χ4n) is 9.99. The monoisotopic (exact) mass is 941 g/mol. The fourth-order valence-corrected chi connectivity index (χ4v) is 9.99. The van der Waals surface area contributed by atoms with Gasteiger partial charge in [0.2, 0.25) is 6.71 Å². The molecule has 0 spiro atoms. The van der Waals surface area contributed by atoms with Gasteiger partial charge in [-0.25, -0.2) is 4.98 Å². The van der Waals surface area contributed by atoms with Crippen LogP contribution >= 0.6 is 0 Å². The van der Waals surface area contributed by atoms with Gasteiger partial charge in [-0.15, -0.1) is 29.3 Å². The van der Waals surface area contributed by atoms with Gasteiger partial charge in [-0.3, -0.25) is 9.38 Å². The van der Waals surface area contributed by atoms with Crippen LogP contribution in [0.5, 0.6) is 11.5 Å². The number of rotatable bonds is 3. The third-order valence-corrected chi connectivity index (χ3v) is 12.7. The molecule has 0 saturated heterocycles. The summed E-state index contributed by atoms with van der Waals surface area (Å²) >= 11 is 0. The number of pyridine rings is 2. The normalized spacial score (nSPS) is 16.5. The zero-order chi connectivity index (χ0) is 38.9. The number of hydrogen-bond acceptors (Lipinski definition) is 4. The topological polar surface area (TPSA) is 59.7 Å². The Labute approximate surface area is 357 Å². The molecule has 0 saturated carbocycles. The molecule has 2 aliphatic heterocycles. The molecular weight excluding hydrogens is 904 g/mol. The minimum Gasteiger partial charge on any atom is -0.507 e. The molecule has 3 aliphatic rings. The third-order valence-electron chi connectivity index (χ3n) is 12.7. The summed E-state index contributed by atoms with van der Waals surface area (Å²) < 4.78 is 8.76. The number of ether oxygens (including phenoxy) is 1. The molecule has 12 rings (SSSR count). The van der Waals surface area contributed by atoms with E-state index in [-0.39, 0.29) is 44.9 Å². The molecule has 5 heterocycles. The van der Waals surface area contributed by atoms with Crippen molar-refractivity contribution in [1.82, 2.24) is 14.4 Å². The molecule has 0 fully saturated rings. The fraction of sp³-hybridized carbons (Fsp3) is 0.115. The van der Waals surface area contributed by atoms with Crippen LogP contribution in [0.25, 0.3) is 71.9 Å². The van der Waals surface area contributed by atoms with Crippen molar-refractivity contribution < 1.29 is 30.9 Å². The van der Waals surface area contributed by atoms with Crippen molar-refractivity contribution in [2.75, 3.05) is 0 Å². The van der Waals surface area contributed by atoms with E-state index in [1.54, 1.807) is 0 Å². The second kappa shape index (κ2) is 13.1. The van der Waals surface area contributed by atoms with Crippen LogP contribution in [0.1, 0.15) is 37.8 Å². The molecule has 3 aromatic heterocycles. The number of phenolic OH excluding ortho intramolecular Hbond substituents is 1. The summed E-state index contributed by atoms with van der Waals surface area (Å²) in [6.45, 7) is 6.81. The maximum Gasteiger partial charge on any atom is 0.226 e. The van der Waals surface area contributed by atoms with Crippen LogP contribution in [0, 0.1) is 6.07 Å². The minimum atomic E-state index is -0.133. The third kappa shape index (κ3) is 5.29. The molecule has 6 aromatic carbocycles. The molecule has 0 bridgehead atoms. The molecule has 7 heteroatoms. The van der Waals surface area contributed by atoms with E-state index in [9.17, 15) is 5.11 Å². The Hall–Kier alpha value is -6.23. The molecule has 2 unspecified atom stereocenters. The summed E-state index contributed by atoms with van der Waals surface area (Å²) in [5.74, 6) is 2.20. The van der Waals surface area contributed by atoms with Gasteiger partial charge in [0.15, 0.2) is 0 Å². The molecule has 286 valence electrons. The molecule has 2 atom stereocenters. The first-order valence-electron chi connectivity index (χ1n) is 20.1. The Morgan fingerprint density at radius 1 is 0.763 bits per heavy atom. The quantitative estimate of drug-likeness (QED) is 0.109. The van der Waals surface area contributed by atoms with Gasteiger partial charge in [-0.05, 0) is 63.3 Å². The predicted octanol–water partition coefficient (Wildman–Crippen LogP) is 10.9. The summed E-state index contributed by atoms with van der Waals surface area (Å²) in [6.07, 6.45) is 8.29. The summed E-state index contributed by atoms with van der Waals surface area (Å²) in [5, 5.41) is 15.6. The average molecular weight is 942 g/mol. The summed E-state index contributed by atoms with van der Waals surface area (Å²) in [4.78, 5) is 10.4. The van der Waals surface area contributed by atoms with Crippen LogP contribution in [0.4, 0.5) is 0 Å². The van der Waals surface area contributed by atoms with Crippen molar-refractivity contribution in [3.05, 3.63) is 175 Å². The van der Waals surface area contributed by atoms with Gasteiger partial charge in [0.05, 0.1) is 21.9 Å². The van der Waals surface area contributed by atoms with Crippen LogP contribution in [0.15, 0.2) is 158 Å². The van der Waals surface area contributed by atoms with E-state index in [1.165, 1.54) is 11.0 Å². The molecule has 1 aliphatic carbocycles. The Morgan fingerprint density at radius 3 is 2.41 bits per heavy atom. The Kier molecular flexibility index (Phi) is 8.00. The number of benzene rings is 6. The summed E-state index contributed by atoms with van der Waals surface area (Å²) in [6, 6.07) is 48.5. The van der Waals surface area contributed by atoms with E-state index >= 15 is 0 Å². The second-order valence-electron chi connectivity index (χ2n) is 17.0. The molecule has 5 nitrogen and oxygen atoms in total. The summed E-state index contributed by atoms with van der Waals surface area (Å²) in [7, 11) is 0. The van der Waals surface area contributed by atoms with Crippen LogP contribution in [-0.4, -0.2) is 26.2 Å². The van der Waals surface area contributed by atoms with Crippen LogP contribution < -0.4 is 15.7 Å². The largest absolute Gasteiger partial charge is 0.507 e. The van der Waals surface area contributed by atoms with Crippen molar-refractivity contribution in [2.45, 2.75) is 37.9 Å². The first-order valence-corrected chi connectivity index (χ1v) is 20.1.